The van der Waals surface area contributed by atoms with Crippen LogP contribution in [0, 0.1) is 0 Å². The summed E-state index contributed by atoms with van der Waals surface area (Å²) in [6.07, 6.45) is 3.84. The van der Waals surface area contributed by atoms with Gasteiger partial charge in [-0.2, -0.15) is 0 Å². The van der Waals surface area contributed by atoms with Crippen LogP contribution in [-0.4, -0.2) is 34.6 Å². The second-order valence-electron chi connectivity index (χ2n) is 7.54. The lowest BCUT2D eigenvalue weighted by atomic mass is 9.89. The highest BCUT2D eigenvalue weighted by molar-refractivity contribution is 4.92. The molecule has 1 saturated heterocycles. The molecule has 102 valence electrons. The minimum absolute atomic E-state index is 0.243. The minimum Gasteiger partial charge on any atom is -0.309 e. The molecule has 1 aliphatic rings. The third kappa shape index (κ3) is 4.59. The number of nitrogens with zero attached hydrogens (tertiary/aromatic N) is 1. The average Bonchev–Trinajstić information content (AvgIpc) is 2.13. The number of nitrogens with one attached hydrogen (secondary N) is 1. The van der Waals surface area contributed by atoms with E-state index in [1.165, 1.54) is 25.8 Å². The molecule has 1 N–H and O–H groups in total. The van der Waals surface area contributed by atoms with Gasteiger partial charge in [-0.05, 0) is 60.8 Å². The topological polar surface area (TPSA) is 15.3 Å². The molecule has 1 fully saturated rings. The van der Waals surface area contributed by atoms with Crippen LogP contribution in [-0.2, 0) is 0 Å². The molecule has 0 radical (unpaired) electrons. The number of hydrogen-bond donors (Lipinski definition) is 1. The summed E-state index contributed by atoms with van der Waals surface area (Å²) in [5.74, 6) is 0. The summed E-state index contributed by atoms with van der Waals surface area (Å²) in [7, 11) is 0. The standard InChI is InChI=1S/C15H32N2/c1-8-13-11-12(16-14(2,3)4)9-10-17(13)15(5,6)7/h12-13,16H,8-11H2,1-7H3. The van der Waals surface area contributed by atoms with Gasteiger partial charge >= 0.3 is 0 Å². The van der Waals surface area contributed by atoms with Gasteiger partial charge in [-0.15, -0.1) is 0 Å². The lowest BCUT2D eigenvalue weighted by molar-refractivity contribution is 0.0329. The van der Waals surface area contributed by atoms with Crippen molar-refractivity contribution in [2.75, 3.05) is 6.54 Å². The van der Waals surface area contributed by atoms with Crippen molar-refractivity contribution >= 4 is 0 Å². The minimum atomic E-state index is 0.243. The Morgan fingerprint density at radius 2 is 1.71 bits per heavy atom. The molecule has 17 heavy (non-hydrogen) atoms. The van der Waals surface area contributed by atoms with Crippen LogP contribution in [0.2, 0.25) is 0 Å². The first-order valence-electron chi connectivity index (χ1n) is 7.18. The van der Waals surface area contributed by atoms with E-state index in [-0.39, 0.29) is 5.54 Å². The van der Waals surface area contributed by atoms with Crippen LogP contribution >= 0.6 is 0 Å². The molecule has 2 atom stereocenters. The van der Waals surface area contributed by atoms with Gasteiger partial charge in [-0.25, -0.2) is 0 Å². The first-order valence-corrected chi connectivity index (χ1v) is 7.18. The molecule has 1 rings (SSSR count). The lowest BCUT2D eigenvalue weighted by Gasteiger charge is -2.48. The number of likely N-dealkylation sites (tertiary alicyclic amines) is 1. The largest absolute Gasteiger partial charge is 0.309 e. The fourth-order valence-electron chi connectivity index (χ4n) is 3.06. The van der Waals surface area contributed by atoms with E-state index in [1.54, 1.807) is 0 Å². The van der Waals surface area contributed by atoms with Crippen LogP contribution < -0.4 is 5.32 Å². The third-order valence-electron chi connectivity index (χ3n) is 3.69. The quantitative estimate of drug-likeness (QED) is 0.795. The van der Waals surface area contributed by atoms with Crippen LogP contribution in [0.5, 0.6) is 0 Å². The normalized spacial score (nSPS) is 28.4. The van der Waals surface area contributed by atoms with E-state index >= 15 is 0 Å². The molecule has 0 amide bonds. The van der Waals surface area contributed by atoms with E-state index in [0.717, 1.165) is 6.04 Å². The van der Waals surface area contributed by atoms with Crippen molar-refractivity contribution in [3.05, 3.63) is 0 Å². The Balaban J connectivity index is 2.61. The van der Waals surface area contributed by atoms with Gasteiger partial charge in [0, 0.05) is 29.7 Å². The van der Waals surface area contributed by atoms with Crippen molar-refractivity contribution in [2.24, 2.45) is 0 Å². The second-order valence-corrected chi connectivity index (χ2v) is 7.54. The van der Waals surface area contributed by atoms with E-state index in [4.69, 9.17) is 0 Å². The summed E-state index contributed by atoms with van der Waals surface area (Å²) in [6, 6.07) is 1.43. The van der Waals surface area contributed by atoms with Crippen molar-refractivity contribution in [3.63, 3.8) is 0 Å². The zero-order valence-electron chi connectivity index (χ0n) is 12.9. The highest BCUT2D eigenvalue weighted by Crippen LogP contribution is 2.28. The Bertz CT molecular complexity index is 234. The molecule has 0 saturated carbocycles. The van der Waals surface area contributed by atoms with E-state index in [0.29, 0.717) is 11.6 Å². The summed E-state index contributed by atoms with van der Waals surface area (Å²) in [5, 5.41) is 3.77. The first-order chi connectivity index (χ1) is 7.63. The molecule has 2 nitrogen and oxygen atoms in total. The Labute approximate surface area is 108 Å². The number of hydrogen-bond acceptors (Lipinski definition) is 2. The second kappa shape index (κ2) is 5.27. The number of piperidine rings is 1. The molecule has 1 heterocycles. The van der Waals surface area contributed by atoms with Crippen LogP contribution in [0.1, 0.15) is 67.7 Å². The van der Waals surface area contributed by atoms with Gasteiger partial charge in [0.1, 0.15) is 0 Å². The van der Waals surface area contributed by atoms with Gasteiger partial charge in [0.2, 0.25) is 0 Å². The highest BCUT2D eigenvalue weighted by atomic mass is 15.2. The van der Waals surface area contributed by atoms with Crippen LogP contribution in [0.25, 0.3) is 0 Å². The Morgan fingerprint density at radius 1 is 1.12 bits per heavy atom. The monoisotopic (exact) mass is 240 g/mol. The maximum absolute atomic E-state index is 3.77. The van der Waals surface area contributed by atoms with Gasteiger partial charge in [-0.1, -0.05) is 6.92 Å². The zero-order valence-corrected chi connectivity index (χ0v) is 12.9. The van der Waals surface area contributed by atoms with Crippen molar-refractivity contribution in [3.8, 4) is 0 Å². The summed E-state index contributed by atoms with van der Waals surface area (Å²) >= 11 is 0. The van der Waals surface area contributed by atoms with Crippen LogP contribution in [0.3, 0.4) is 0 Å². The Hall–Kier alpha value is -0.0800. The summed E-state index contributed by atoms with van der Waals surface area (Å²) in [6.45, 7) is 17.4. The molecule has 0 aromatic heterocycles. The predicted molar refractivity (Wildman–Crippen MR) is 76.4 cm³/mol. The van der Waals surface area contributed by atoms with Gasteiger partial charge in [0.05, 0.1) is 0 Å². The number of rotatable bonds is 2. The summed E-state index contributed by atoms with van der Waals surface area (Å²) in [5.41, 5.74) is 0.556. The molecule has 0 aliphatic carbocycles. The molecule has 0 aromatic rings. The predicted octanol–water partition coefficient (Wildman–Crippen LogP) is 3.42. The van der Waals surface area contributed by atoms with Gasteiger partial charge in [0.25, 0.3) is 0 Å². The molecule has 0 spiro atoms. The van der Waals surface area contributed by atoms with Gasteiger partial charge < -0.3 is 5.32 Å². The van der Waals surface area contributed by atoms with E-state index < -0.39 is 0 Å². The van der Waals surface area contributed by atoms with E-state index in [9.17, 15) is 0 Å². The highest BCUT2D eigenvalue weighted by Gasteiger charge is 2.34. The van der Waals surface area contributed by atoms with Crippen molar-refractivity contribution in [1.29, 1.82) is 0 Å². The van der Waals surface area contributed by atoms with Crippen LogP contribution in [0.15, 0.2) is 0 Å². The molecule has 0 aromatic carbocycles. The maximum atomic E-state index is 3.77. The van der Waals surface area contributed by atoms with Crippen molar-refractivity contribution < 1.29 is 0 Å². The Kier molecular flexibility index (Phi) is 4.65. The molecule has 0 bridgehead atoms. The molecular formula is C15H32N2. The SMILES string of the molecule is CCC1CC(NC(C)(C)C)CCN1C(C)(C)C. The zero-order chi connectivity index (χ0) is 13.3. The fourth-order valence-corrected chi connectivity index (χ4v) is 3.06. The molecular weight excluding hydrogens is 208 g/mol. The molecule has 2 heteroatoms. The average molecular weight is 240 g/mol. The third-order valence-corrected chi connectivity index (χ3v) is 3.69. The summed E-state index contributed by atoms with van der Waals surface area (Å²) < 4.78 is 0. The van der Waals surface area contributed by atoms with Crippen molar-refractivity contribution in [2.45, 2.75) is 90.9 Å². The maximum Gasteiger partial charge on any atom is 0.0128 e. The van der Waals surface area contributed by atoms with Crippen LogP contribution in [0.4, 0.5) is 0 Å². The van der Waals surface area contributed by atoms with E-state index in [1.807, 2.05) is 0 Å². The fraction of sp³-hybridized carbons (Fsp3) is 1.00. The van der Waals surface area contributed by atoms with E-state index in [2.05, 4.69) is 58.7 Å². The summed E-state index contributed by atoms with van der Waals surface area (Å²) in [4.78, 5) is 2.69. The lowest BCUT2D eigenvalue weighted by Crippen LogP contribution is -2.57. The van der Waals surface area contributed by atoms with Gasteiger partial charge in [-0.3, -0.25) is 4.90 Å². The molecule has 1 aliphatic heterocycles. The van der Waals surface area contributed by atoms with Gasteiger partial charge in [0.15, 0.2) is 0 Å². The van der Waals surface area contributed by atoms with Crippen molar-refractivity contribution in [1.82, 2.24) is 10.2 Å². The smallest absolute Gasteiger partial charge is 0.0128 e. The molecule has 2 unspecified atom stereocenters. The Morgan fingerprint density at radius 3 is 2.12 bits per heavy atom. The first kappa shape index (κ1) is 15.0.